The second-order valence-corrected chi connectivity index (χ2v) is 2.47. The Balaban J connectivity index is 4.10. The van der Waals surface area contributed by atoms with Gasteiger partial charge in [-0.1, -0.05) is 5.73 Å². The molecular formula is C9H14O3. The van der Waals surface area contributed by atoms with E-state index in [2.05, 4.69) is 10.5 Å². The van der Waals surface area contributed by atoms with Crippen molar-refractivity contribution in [3.8, 4) is 0 Å². The summed E-state index contributed by atoms with van der Waals surface area (Å²) in [5, 5.41) is 0. The molecule has 0 atom stereocenters. The molecule has 0 aromatic carbocycles. The van der Waals surface area contributed by atoms with Crippen LogP contribution in [0.3, 0.4) is 0 Å². The lowest BCUT2D eigenvalue weighted by molar-refractivity contribution is 0.0820. The lowest BCUT2D eigenvalue weighted by Gasteiger charge is -2.00. The number of carbonyl (C=O) groups excluding carboxylic acids is 1. The van der Waals surface area contributed by atoms with Crippen LogP contribution in [0.1, 0.15) is 27.7 Å². The Morgan fingerprint density at radius 3 is 2.33 bits per heavy atom. The standard InChI is InChI=1S/C9H14O3/c1-5-11-9(10)12-8(4)6-7(2)3/h5H2,1-4H3. The van der Waals surface area contributed by atoms with Gasteiger partial charge in [-0.15, -0.1) is 0 Å². The molecule has 0 aliphatic carbocycles. The molecule has 0 radical (unpaired) electrons. The average molecular weight is 170 g/mol. The molecule has 12 heavy (non-hydrogen) atoms. The smallest absolute Gasteiger partial charge is 0.434 e. The number of hydrogen-bond donors (Lipinski definition) is 0. The molecule has 0 saturated heterocycles. The van der Waals surface area contributed by atoms with Gasteiger partial charge in [0.2, 0.25) is 0 Å². The first-order valence-electron chi connectivity index (χ1n) is 3.81. The molecule has 0 unspecified atom stereocenters. The molecular weight excluding hydrogens is 156 g/mol. The van der Waals surface area contributed by atoms with Crippen molar-refractivity contribution in [3.63, 3.8) is 0 Å². The van der Waals surface area contributed by atoms with Crippen LogP contribution in [0.2, 0.25) is 0 Å². The Kier molecular flexibility index (Phi) is 4.89. The molecule has 0 spiro atoms. The van der Waals surface area contributed by atoms with E-state index in [-0.39, 0.29) is 0 Å². The van der Waals surface area contributed by atoms with E-state index in [1.165, 1.54) is 0 Å². The molecule has 0 N–H and O–H groups in total. The molecule has 0 fully saturated rings. The van der Waals surface area contributed by atoms with Crippen molar-refractivity contribution in [2.75, 3.05) is 6.61 Å². The maximum Gasteiger partial charge on any atom is 0.514 e. The van der Waals surface area contributed by atoms with E-state index < -0.39 is 6.16 Å². The molecule has 0 heterocycles. The van der Waals surface area contributed by atoms with Crippen LogP contribution in [0.4, 0.5) is 4.79 Å². The summed E-state index contributed by atoms with van der Waals surface area (Å²) >= 11 is 0. The quantitative estimate of drug-likeness (QED) is 0.363. The first-order valence-corrected chi connectivity index (χ1v) is 3.81. The van der Waals surface area contributed by atoms with Crippen LogP contribution in [-0.4, -0.2) is 12.8 Å². The minimum Gasteiger partial charge on any atom is -0.434 e. The zero-order chi connectivity index (χ0) is 9.56. The number of rotatable bonds is 2. The van der Waals surface area contributed by atoms with Crippen LogP contribution < -0.4 is 0 Å². The summed E-state index contributed by atoms with van der Waals surface area (Å²) in [6.45, 7) is 7.45. The van der Waals surface area contributed by atoms with Gasteiger partial charge >= 0.3 is 6.16 Å². The van der Waals surface area contributed by atoms with Gasteiger partial charge < -0.3 is 9.47 Å². The van der Waals surface area contributed by atoms with Crippen LogP contribution in [-0.2, 0) is 9.47 Å². The van der Waals surface area contributed by atoms with Gasteiger partial charge in [0.25, 0.3) is 0 Å². The molecule has 0 aromatic heterocycles. The largest absolute Gasteiger partial charge is 0.514 e. The monoisotopic (exact) mass is 170 g/mol. The van der Waals surface area contributed by atoms with Crippen molar-refractivity contribution in [2.45, 2.75) is 27.7 Å². The maximum absolute atomic E-state index is 10.7. The van der Waals surface area contributed by atoms with Crippen molar-refractivity contribution >= 4 is 6.16 Å². The second-order valence-electron chi connectivity index (χ2n) is 2.47. The lowest BCUT2D eigenvalue weighted by atomic mass is 10.3. The van der Waals surface area contributed by atoms with Gasteiger partial charge in [-0.3, -0.25) is 0 Å². The summed E-state index contributed by atoms with van der Waals surface area (Å²) in [6.07, 6.45) is -0.677. The zero-order valence-electron chi connectivity index (χ0n) is 7.93. The summed E-state index contributed by atoms with van der Waals surface area (Å²) in [5.74, 6) is 0.424. The van der Waals surface area contributed by atoms with Crippen molar-refractivity contribution in [3.05, 3.63) is 17.1 Å². The fourth-order valence-electron chi connectivity index (χ4n) is 0.650. The van der Waals surface area contributed by atoms with E-state index in [9.17, 15) is 4.79 Å². The summed E-state index contributed by atoms with van der Waals surface area (Å²) in [4.78, 5) is 10.7. The minimum absolute atomic E-state index is 0.320. The fraction of sp³-hybridized carbons (Fsp3) is 0.556. The second kappa shape index (κ2) is 5.44. The molecule has 0 aromatic rings. The predicted molar refractivity (Wildman–Crippen MR) is 45.7 cm³/mol. The number of hydrogen-bond acceptors (Lipinski definition) is 3. The summed E-state index contributed by atoms with van der Waals surface area (Å²) in [7, 11) is 0. The van der Waals surface area contributed by atoms with Gasteiger partial charge in [0, 0.05) is 6.92 Å². The number of ether oxygens (including phenoxy) is 2. The number of carbonyl (C=O) groups is 1. The third kappa shape index (κ3) is 5.57. The predicted octanol–water partition coefficient (Wildman–Crippen LogP) is 2.63. The Labute approximate surface area is 72.7 Å². The fourth-order valence-corrected chi connectivity index (χ4v) is 0.650. The maximum atomic E-state index is 10.7. The van der Waals surface area contributed by atoms with Crippen LogP contribution in [0.5, 0.6) is 0 Å². The third-order valence-electron chi connectivity index (χ3n) is 0.925. The van der Waals surface area contributed by atoms with Crippen molar-refractivity contribution in [2.24, 2.45) is 0 Å². The van der Waals surface area contributed by atoms with Crippen LogP contribution in [0.25, 0.3) is 0 Å². The highest BCUT2D eigenvalue weighted by Gasteiger charge is 2.01. The van der Waals surface area contributed by atoms with Crippen LogP contribution >= 0.6 is 0 Å². The van der Waals surface area contributed by atoms with E-state index in [0.717, 1.165) is 5.57 Å². The van der Waals surface area contributed by atoms with E-state index >= 15 is 0 Å². The van der Waals surface area contributed by atoms with Gasteiger partial charge in [-0.2, -0.15) is 0 Å². The molecule has 0 aliphatic rings. The van der Waals surface area contributed by atoms with E-state index in [4.69, 9.17) is 4.74 Å². The summed E-state index contributed by atoms with van der Waals surface area (Å²) < 4.78 is 9.29. The first-order chi connectivity index (χ1) is 5.56. The zero-order valence-corrected chi connectivity index (χ0v) is 7.93. The van der Waals surface area contributed by atoms with Crippen LogP contribution in [0, 0.1) is 0 Å². The van der Waals surface area contributed by atoms with Gasteiger partial charge in [-0.05, 0) is 26.3 Å². The highest BCUT2D eigenvalue weighted by Crippen LogP contribution is 1.98. The highest BCUT2D eigenvalue weighted by molar-refractivity contribution is 5.61. The highest BCUT2D eigenvalue weighted by atomic mass is 16.7. The van der Waals surface area contributed by atoms with E-state index in [0.29, 0.717) is 12.4 Å². The molecule has 68 valence electrons. The Bertz CT molecular complexity index is 218. The lowest BCUT2D eigenvalue weighted by Crippen LogP contribution is -2.04. The Hall–Kier alpha value is -1.21. The molecule has 0 saturated carbocycles. The normalized spacial score (nSPS) is 8.33. The van der Waals surface area contributed by atoms with Crippen molar-refractivity contribution in [1.82, 2.24) is 0 Å². The summed E-state index contributed by atoms with van der Waals surface area (Å²) in [5.41, 5.74) is 3.80. The molecule has 3 heteroatoms. The topological polar surface area (TPSA) is 35.5 Å². The molecule has 0 aliphatic heterocycles. The summed E-state index contributed by atoms with van der Waals surface area (Å²) in [6, 6.07) is 0. The van der Waals surface area contributed by atoms with E-state index in [1.54, 1.807) is 13.8 Å². The van der Waals surface area contributed by atoms with Gasteiger partial charge in [0.1, 0.15) is 0 Å². The first kappa shape index (κ1) is 10.8. The Morgan fingerprint density at radius 2 is 1.92 bits per heavy atom. The van der Waals surface area contributed by atoms with E-state index in [1.807, 2.05) is 13.8 Å². The minimum atomic E-state index is -0.677. The third-order valence-corrected chi connectivity index (χ3v) is 0.925. The Morgan fingerprint density at radius 1 is 1.33 bits per heavy atom. The van der Waals surface area contributed by atoms with Gasteiger partial charge in [-0.25, -0.2) is 4.79 Å². The molecule has 0 amide bonds. The van der Waals surface area contributed by atoms with Crippen LogP contribution in [0.15, 0.2) is 17.1 Å². The molecule has 0 rings (SSSR count). The van der Waals surface area contributed by atoms with Crippen molar-refractivity contribution < 1.29 is 14.3 Å². The number of allylic oxidation sites excluding steroid dienone is 1. The van der Waals surface area contributed by atoms with Gasteiger partial charge in [0.05, 0.1) is 6.61 Å². The van der Waals surface area contributed by atoms with Gasteiger partial charge in [0.15, 0.2) is 5.76 Å². The molecule has 0 bridgehead atoms. The average Bonchev–Trinajstić information content (AvgIpc) is 1.84. The molecule has 3 nitrogen and oxygen atoms in total. The van der Waals surface area contributed by atoms with Crippen molar-refractivity contribution in [1.29, 1.82) is 0 Å². The SMILES string of the molecule is CCOC(=O)OC(C)=C=C(C)C.